The maximum atomic E-state index is 11.9. The Bertz CT molecular complexity index is 799. The van der Waals surface area contributed by atoms with Crippen molar-refractivity contribution in [3.63, 3.8) is 0 Å². The van der Waals surface area contributed by atoms with Gasteiger partial charge in [-0.25, -0.2) is 4.79 Å². The highest BCUT2D eigenvalue weighted by molar-refractivity contribution is 5.36. The smallest absolute Gasteiger partial charge is 0.354 e. The molecule has 2 fully saturated rings. The average molecular weight is 339 g/mol. The van der Waals surface area contributed by atoms with Crippen LogP contribution in [0.4, 0.5) is 5.82 Å². The molecule has 0 aliphatic heterocycles. The lowest BCUT2D eigenvalue weighted by atomic mass is 9.52. The van der Waals surface area contributed by atoms with E-state index in [1.165, 1.54) is 35.8 Å². The summed E-state index contributed by atoms with van der Waals surface area (Å²) in [5.74, 6) is 0.241. The van der Waals surface area contributed by atoms with Gasteiger partial charge in [0.1, 0.15) is 5.82 Å². The second-order valence-corrected chi connectivity index (χ2v) is 7.65. The molecule has 1 aromatic heterocycles. The normalized spacial score (nSPS) is 27.7. The van der Waals surface area contributed by atoms with E-state index >= 15 is 0 Å². The zero-order valence-corrected chi connectivity index (χ0v) is 14.3. The van der Waals surface area contributed by atoms with Crippen molar-refractivity contribution in [1.82, 2.24) is 14.9 Å². The Balaban J connectivity index is 1.27. The molecule has 0 radical (unpaired) electrons. The van der Waals surface area contributed by atoms with Crippen LogP contribution in [0.2, 0.25) is 0 Å². The Labute approximate surface area is 147 Å². The molecule has 0 bridgehead atoms. The zero-order valence-electron chi connectivity index (χ0n) is 14.3. The lowest BCUT2D eigenvalue weighted by Crippen LogP contribution is -2.58. The first-order valence-corrected chi connectivity index (χ1v) is 8.97. The van der Waals surface area contributed by atoms with Gasteiger partial charge in [-0.2, -0.15) is 4.98 Å². The second kappa shape index (κ2) is 6.28. The Morgan fingerprint density at radius 2 is 1.88 bits per heavy atom. The molecule has 5 N–H and O–H groups in total. The molecule has 2 aliphatic rings. The summed E-state index contributed by atoms with van der Waals surface area (Å²) in [7, 11) is 0. The molecule has 0 saturated heterocycles. The number of nitrogens with two attached hydrogens (primary N) is 2. The molecule has 0 unspecified atom stereocenters. The maximum absolute atomic E-state index is 11.9. The molecule has 0 atom stereocenters. The van der Waals surface area contributed by atoms with Gasteiger partial charge in [-0.1, -0.05) is 12.1 Å². The van der Waals surface area contributed by atoms with Gasteiger partial charge in [-0.3, -0.25) is 4.57 Å². The molecule has 6 heteroatoms. The summed E-state index contributed by atoms with van der Waals surface area (Å²) in [5, 5.41) is 3.65. The van der Waals surface area contributed by atoms with E-state index in [4.69, 9.17) is 11.5 Å². The Morgan fingerprint density at radius 3 is 2.52 bits per heavy atom. The molecule has 1 heterocycles. The molecule has 6 nitrogen and oxygen atoms in total. The predicted octanol–water partition coefficient (Wildman–Crippen LogP) is 1.22. The maximum Gasteiger partial charge on any atom is 0.354 e. The van der Waals surface area contributed by atoms with E-state index in [0.717, 1.165) is 18.7 Å². The number of benzene rings is 1. The zero-order chi connectivity index (χ0) is 17.4. The Hall–Kier alpha value is -2.18. The summed E-state index contributed by atoms with van der Waals surface area (Å²) in [5.41, 5.74) is 13.7. The van der Waals surface area contributed by atoms with Crippen LogP contribution in [0.1, 0.15) is 31.2 Å². The van der Waals surface area contributed by atoms with Crippen LogP contribution in [0.3, 0.4) is 0 Å². The third kappa shape index (κ3) is 3.32. The van der Waals surface area contributed by atoms with E-state index in [-0.39, 0.29) is 11.5 Å². The molecule has 0 amide bonds. The van der Waals surface area contributed by atoms with Crippen molar-refractivity contribution in [1.29, 1.82) is 0 Å². The van der Waals surface area contributed by atoms with Gasteiger partial charge in [0.15, 0.2) is 0 Å². The van der Waals surface area contributed by atoms with Crippen LogP contribution in [0, 0.1) is 5.41 Å². The quantitative estimate of drug-likeness (QED) is 0.761. The minimum atomic E-state index is -0.357. The fraction of sp³-hybridized carbons (Fsp3) is 0.474. The van der Waals surface area contributed by atoms with Crippen LogP contribution in [-0.4, -0.2) is 28.2 Å². The van der Waals surface area contributed by atoms with Crippen molar-refractivity contribution in [2.24, 2.45) is 11.1 Å². The first kappa shape index (κ1) is 16.3. The van der Waals surface area contributed by atoms with Gasteiger partial charge in [0.2, 0.25) is 0 Å². The predicted molar refractivity (Wildman–Crippen MR) is 98.6 cm³/mol. The highest BCUT2D eigenvalue weighted by atomic mass is 16.1. The van der Waals surface area contributed by atoms with Crippen molar-refractivity contribution in [2.45, 2.75) is 44.2 Å². The lowest BCUT2D eigenvalue weighted by molar-refractivity contribution is -0.0176. The Kier molecular flexibility index (Phi) is 4.09. The molecular formula is C19H25N5O. The van der Waals surface area contributed by atoms with Gasteiger partial charge in [-0.15, -0.1) is 0 Å². The van der Waals surface area contributed by atoms with E-state index in [2.05, 4.69) is 22.4 Å². The van der Waals surface area contributed by atoms with E-state index in [9.17, 15) is 4.79 Å². The number of rotatable bonds is 5. The summed E-state index contributed by atoms with van der Waals surface area (Å²) in [6.07, 6.45) is 7.63. The fourth-order valence-corrected chi connectivity index (χ4v) is 4.37. The monoisotopic (exact) mass is 339 g/mol. The molecule has 132 valence electrons. The number of hydrogen-bond acceptors (Lipinski definition) is 5. The summed E-state index contributed by atoms with van der Waals surface area (Å²) in [6.45, 7) is 0.982. The van der Waals surface area contributed by atoms with Gasteiger partial charge < -0.3 is 16.8 Å². The van der Waals surface area contributed by atoms with E-state index < -0.39 is 0 Å². The van der Waals surface area contributed by atoms with Crippen molar-refractivity contribution in [3.8, 4) is 5.69 Å². The van der Waals surface area contributed by atoms with E-state index in [1.807, 2.05) is 12.1 Å². The summed E-state index contributed by atoms with van der Waals surface area (Å²) in [6, 6.07) is 10.7. The highest BCUT2D eigenvalue weighted by Crippen LogP contribution is 2.55. The van der Waals surface area contributed by atoms with Gasteiger partial charge in [0.25, 0.3) is 0 Å². The molecular weight excluding hydrogens is 314 g/mol. The number of anilines is 1. The van der Waals surface area contributed by atoms with Crippen molar-refractivity contribution >= 4 is 5.82 Å². The molecule has 1 aromatic carbocycles. The van der Waals surface area contributed by atoms with Crippen molar-refractivity contribution in [3.05, 3.63) is 52.6 Å². The third-order valence-corrected chi connectivity index (χ3v) is 5.64. The van der Waals surface area contributed by atoms with Crippen molar-refractivity contribution in [2.75, 3.05) is 12.3 Å². The van der Waals surface area contributed by atoms with Gasteiger partial charge in [0.05, 0.1) is 5.69 Å². The summed E-state index contributed by atoms with van der Waals surface area (Å²) >= 11 is 0. The lowest BCUT2D eigenvalue weighted by Gasteiger charge is -2.57. The number of nitrogens with zero attached hydrogens (tertiary/aromatic N) is 2. The summed E-state index contributed by atoms with van der Waals surface area (Å²) < 4.78 is 1.50. The van der Waals surface area contributed by atoms with E-state index in [0.29, 0.717) is 17.5 Å². The number of nitrogen functional groups attached to an aromatic ring is 1. The molecule has 1 spiro atoms. The highest BCUT2D eigenvalue weighted by Gasteiger charge is 2.51. The minimum Gasteiger partial charge on any atom is -0.383 e. The first-order valence-electron chi connectivity index (χ1n) is 8.97. The third-order valence-electron chi connectivity index (χ3n) is 5.64. The first-order chi connectivity index (χ1) is 12.0. The average Bonchev–Trinajstić information content (AvgIpc) is 2.52. The van der Waals surface area contributed by atoms with Crippen LogP contribution < -0.4 is 22.5 Å². The number of nitrogens with one attached hydrogen (secondary N) is 1. The largest absolute Gasteiger partial charge is 0.383 e. The van der Waals surface area contributed by atoms with Crippen LogP contribution in [0.25, 0.3) is 5.69 Å². The molecule has 25 heavy (non-hydrogen) atoms. The minimum absolute atomic E-state index is 0.241. The number of aromatic nitrogens is 2. The second-order valence-electron chi connectivity index (χ2n) is 7.65. The van der Waals surface area contributed by atoms with Crippen molar-refractivity contribution < 1.29 is 0 Å². The molecule has 2 aromatic rings. The van der Waals surface area contributed by atoms with Crippen LogP contribution in [0.5, 0.6) is 0 Å². The molecule has 2 aliphatic carbocycles. The van der Waals surface area contributed by atoms with Gasteiger partial charge in [-0.05, 0) is 67.8 Å². The number of hydrogen-bond donors (Lipinski definition) is 3. The summed E-state index contributed by atoms with van der Waals surface area (Å²) in [4.78, 5) is 15.6. The van der Waals surface area contributed by atoms with Crippen LogP contribution in [0.15, 0.2) is 41.3 Å². The van der Waals surface area contributed by atoms with Gasteiger partial charge in [0, 0.05) is 18.3 Å². The SMILES string of the molecule is Nc1ccn(-c2ccc(CCNC3CC4(CC(N)C4)C3)cc2)c(=O)n1. The van der Waals surface area contributed by atoms with E-state index in [1.54, 1.807) is 12.3 Å². The van der Waals surface area contributed by atoms with Crippen LogP contribution >= 0.6 is 0 Å². The van der Waals surface area contributed by atoms with Crippen LogP contribution in [-0.2, 0) is 6.42 Å². The molecule has 4 rings (SSSR count). The topological polar surface area (TPSA) is 99.0 Å². The standard InChI is InChI=1S/C19H25N5O/c20-14-9-19(10-14)11-15(12-19)22-7-5-13-1-3-16(4-2-13)24-8-6-17(21)23-18(24)25/h1-4,6,8,14-15,22H,5,7,9-12,20H2,(H2,21,23,25). The Morgan fingerprint density at radius 1 is 1.16 bits per heavy atom. The molecule has 2 saturated carbocycles. The van der Waals surface area contributed by atoms with Gasteiger partial charge >= 0.3 is 5.69 Å². The fourth-order valence-electron chi connectivity index (χ4n) is 4.37.